The van der Waals surface area contributed by atoms with Crippen LogP contribution >= 0.6 is 0 Å². The molecule has 0 aliphatic heterocycles. The third-order valence-electron chi connectivity index (χ3n) is 2.72. The second kappa shape index (κ2) is 7.06. The second-order valence-corrected chi connectivity index (χ2v) is 4.07. The number of amides is 1. The highest BCUT2D eigenvalue weighted by Gasteiger charge is 2.14. The maximum absolute atomic E-state index is 13.3. The van der Waals surface area contributed by atoms with Gasteiger partial charge in [-0.2, -0.15) is 0 Å². The quantitative estimate of drug-likeness (QED) is 0.816. The minimum atomic E-state index is -0.983. The zero-order chi connectivity index (χ0) is 13.5. The van der Waals surface area contributed by atoms with Gasteiger partial charge in [0, 0.05) is 18.2 Å². The molecule has 1 aromatic carbocycles. The SMILES string of the molecule is CCC(CCO)NC(=O)Cc1cccc(F)c1F. The van der Waals surface area contributed by atoms with E-state index in [4.69, 9.17) is 5.11 Å². The van der Waals surface area contributed by atoms with E-state index in [1.807, 2.05) is 6.92 Å². The molecule has 5 heteroatoms. The topological polar surface area (TPSA) is 49.3 Å². The lowest BCUT2D eigenvalue weighted by molar-refractivity contribution is -0.121. The van der Waals surface area contributed by atoms with Crippen LogP contribution in [0.2, 0.25) is 0 Å². The molecule has 0 aliphatic carbocycles. The first-order valence-electron chi connectivity index (χ1n) is 5.91. The van der Waals surface area contributed by atoms with Gasteiger partial charge < -0.3 is 10.4 Å². The standard InChI is InChI=1S/C13H17F2NO2/c1-2-10(6-7-17)16-12(18)8-9-4-3-5-11(14)13(9)15/h3-5,10,17H,2,6-8H2,1H3,(H,16,18). The van der Waals surface area contributed by atoms with E-state index in [-0.39, 0.29) is 30.5 Å². The van der Waals surface area contributed by atoms with E-state index in [2.05, 4.69) is 5.32 Å². The van der Waals surface area contributed by atoms with Gasteiger partial charge in [0.1, 0.15) is 0 Å². The van der Waals surface area contributed by atoms with Crippen LogP contribution in [0.3, 0.4) is 0 Å². The zero-order valence-corrected chi connectivity index (χ0v) is 10.2. The molecule has 0 saturated heterocycles. The van der Waals surface area contributed by atoms with E-state index in [1.54, 1.807) is 0 Å². The summed E-state index contributed by atoms with van der Waals surface area (Å²) in [6.07, 6.45) is 0.928. The molecule has 1 rings (SSSR count). The molecule has 1 unspecified atom stereocenters. The van der Waals surface area contributed by atoms with Crippen molar-refractivity contribution in [2.24, 2.45) is 0 Å². The number of rotatable bonds is 6. The maximum atomic E-state index is 13.3. The summed E-state index contributed by atoms with van der Waals surface area (Å²) in [6.45, 7) is 1.86. The van der Waals surface area contributed by atoms with Crippen molar-refractivity contribution in [3.05, 3.63) is 35.4 Å². The molecule has 2 N–H and O–H groups in total. The zero-order valence-electron chi connectivity index (χ0n) is 10.2. The first-order chi connectivity index (χ1) is 8.58. The van der Waals surface area contributed by atoms with E-state index in [9.17, 15) is 13.6 Å². The minimum absolute atomic E-state index is 0.0207. The smallest absolute Gasteiger partial charge is 0.224 e. The number of carbonyl (C=O) groups excluding carboxylic acids is 1. The summed E-state index contributed by atoms with van der Waals surface area (Å²) in [5.41, 5.74) is 0.0337. The summed E-state index contributed by atoms with van der Waals surface area (Å²) >= 11 is 0. The number of aliphatic hydroxyl groups is 1. The highest BCUT2D eigenvalue weighted by Crippen LogP contribution is 2.12. The Morgan fingerprint density at radius 3 is 2.78 bits per heavy atom. The molecule has 0 saturated carbocycles. The Morgan fingerprint density at radius 2 is 2.17 bits per heavy atom. The summed E-state index contributed by atoms with van der Waals surface area (Å²) in [5, 5.41) is 11.5. The summed E-state index contributed by atoms with van der Waals surface area (Å²) in [7, 11) is 0. The monoisotopic (exact) mass is 257 g/mol. The van der Waals surface area contributed by atoms with Crippen molar-refractivity contribution in [3.8, 4) is 0 Å². The predicted octanol–water partition coefficient (Wildman–Crippen LogP) is 1.78. The normalized spacial score (nSPS) is 12.2. The molecule has 0 spiro atoms. The van der Waals surface area contributed by atoms with Crippen LogP contribution in [0.25, 0.3) is 0 Å². The Balaban J connectivity index is 2.61. The van der Waals surface area contributed by atoms with Gasteiger partial charge in [-0.25, -0.2) is 8.78 Å². The number of aliphatic hydroxyl groups excluding tert-OH is 1. The van der Waals surface area contributed by atoms with E-state index in [0.29, 0.717) is 12.8 Å². The van der Waals surface area contributed by atoms with Crippen LogP contribution in [0.4, 0.5) is 8.78 Å². The van der Waals surface area contributed by atoms with Gasteiger partial charge in [0.25, 0.3) is 0 Å². The van der Waals surface area contributed by atoms with Crippen LogP contribution in [0.15, 0.2) is 18.2 Å². The summed E-state index contributed by atoms with van der Waals surface area (Å²) in [4.78, 5) is 11.6. The fraction of sp³-hybridized carbons (Fsp3) is 0.462. The first kappa shape index (κ1) is 14.6. The average molecular weight is 257 g/mol. The maximum Gasteiger partial charge on any atom is 0.224 e. The molecule has 0 aliphatic rings. The van der Waals surface area contributed by atoms with Crippen molar-refractivity contribution >= 4 is 5.91 Å². The van der Waals surface area contributed by atoms with E-state index in [1.165, 1.54) is 12.1 Å². The van der Waals surface area contributed by atoms with Crippen molar-refractivity contribution in [2.45, 2.75) is 32.2 Å². The summed E-state index contributed by atoms with van der Waals surface area (Å²) in [5.74, 6) is -2.31. The summed E-state index contributed by atoms with van der Waals surface area (Å²) < 4.78 is 26.3. The van der Waals surface area contributed by atoms with Crippen LogP contribution in [-0.4, -0.2) is 23.7 Å². The molecule has 18 heavy (non-hydrogen) atoms. The highest BCUT2D eigenvalue weighted by molar-refractivity contribution is 5.78. The van der Waals surface area contributed by atoms with E-state index in [0.717, 1.165) is 6.07 Å². The molecule has 0 radical (unpaired) electrons. The Labute approximate surface area is 105 Å². The van der Waals surface area contributed by atoms with Gasteiger partial charge in [-0.15, -0.1) is 0 Å². The average Bonchev–Trinajstić information content (AvgIpc) is 2.34. The van der Waals surface area contributed by atoms with Crippen molar-refractivity contribution < 1.29 is 18.7 Å². The van der Waals surface area contributed by atoms with E-state index < -0.39 is 11.6 Å². The molecular formula is C13H17F2NO2. The van der Waals surface area contributed by atoms with Gasteiger partial charge in [-0.1, -0.05) is 19.1 Å². The molecule has 1 atom stereocenters. The second-order valence-electron chi connectivity index (χ2n) is 4.07. The number of halogens is 2. The van der Waals surface area contributed by atoms with E-state index >= 15 is 0 Å². The van der Waals surface area contributed by atoms with Gasteiger partial charge in [0.2, 0.25) is 5.91 Å². The molecule has 0 heterocycles. The van der Waals surface area contributed by atoms with Crippen molar-refractivity contribution in [1.29, 1.82) is 0 Å². The van der Waals surface area contributed by atoms with Gasteiger partial charge in [-0.05, 0) is 18.9 Å². The van der Waals surface area contributed by atoms with Crippen molar-refractivity contribution in [1.82, 2.24) is 5.32 Å². The lowest BCUT2D eigenvalue weighted by atomic mass is 10.1. The summed E-state index contributed by atoms with van der Waals surface area (Å²) in [6, 6.07) is 3.62. The Kier molecular flexibility index (Phi) is 5.71. The molecule has 1 amide bonds. The molecule has 100 valence electrons. The third-order valence-corrected chi connectivity index (χ3v) is 2.72. The fourth-order valence-corrected chi connectivity index (χ4v) is 1.67. The lowest BCUT2D eigenvalue weighted by Crippen LogP contribution is -2.36. The Bertz CT molecular complexity index is 410. The number of nitrogens with one attached hydrogen (secondary N) is 1. The van der Waals surface area contributed by atoms with Gasteiger partial charge in [0.05, 0.1) is 6.42 Å². The van der Waals surface area contributed by atoms with Crippen LogP contribution in [0.5, 0.6) is 0 Å². The van der Waals surface area contributed by atoms with Crippen LogP contribution in [-0.2, 0) is 11.2 Å². The van der Waals surface area contributed by atoms with Crippen LogP contribution in [0.1, 0.15) is 25.3 Å². The van der Waals surface area contributed by atoms with Gasteiger partial charge in [0.15, 0.2) is 11.6 Å². The molecule has 0 aromatic heterocycles. The number of benzene rings is 1. The van der Waals surface area contributed by atoms with Gasteiger partial charge in [-0.3, -0.25) is 4.79 Å². The third kappa shape index (κ3) is 4.07. The molecule has 0 bridgehead atoms. The van der Waals surface area contributed by atoms with Crippen LogP contribution < -0.4 is 5.32 Å². The largest absolute Gasteiger partial charge is 0.396 e. The minimum Gasteiger partial charge on any atom is -0.396 e. The molecule has 0 fully saturated rings. The number of hydrogen-bond acceptors (Lipinski definition) is 2. The highest BCUT2D eigenvalue weighted by atomic mass is 19.2. The lowest BCUT2D eigenvalue weighted by Gasteiger charge is -2.15. The number of carbonyl (C=O) groups is 1. The molecule has 3 nitrogen and oxygen atoms in total. The Morgan fingerprint density at radius 1 is 1.44 bits per heavy atom. The first-order valence-corrected chi connectivity index (χ1v) is 5.91. The Hall–Kier alpha value is -1.49. The molecular weight excluding hydrogens is 240 g/mol. The number of hydrogen-bond donors (Lipinski definition) is 2. The molecule has 1 aromatic rings. The fourth-order valence-electron chi connectivity index (χ4n) is 1.67. The predicted molar refractivity (Wildman–Crippen MR) is 64.0 cm³/mol. The van der Waals surface area contributed by atoms with Crippen molar-refractivity contribution in [3.63, 3.8) is 0 Å². The van der Waals surface area contributed by atoms with Crippen LogP contribution in [0, 0.1) is 11.6 Å². The van der Waals surface area contributed by atoms with Crippen molar-refractivity contribution in [2.75, 3.05) is 6.61 Å². The van der Waals surface area contributed by atoms with Gasteiger partial charge >= 0.3 is 0 Å².